The minimum absolute atomic E-state index is 0.133. The second-order valence-electron chi connectivity index (χ2n) is 6.05. The number of hydrogen-bond acceptors (Lipinski definition) is 2. The third-order valence-corrected chi connectivity index (χ3v) is 3.98. The van der Waals surface area contributed by atoms with Crippen LogP contribution in [0.4, 0.5) is 0 Å². The van der Waals surface area contributed by atoms with E-state index in [4.69, 9.17) is 5.73 Å². The normalized spacial score (nSPS) is 17.8. The molecular weight excluding hydrogens is 220 g/mol. The third-order valence-electron chi connectivity index (χ3n) is 3.98. The molecule has 100 valence electrons. The van der Waals surface area contributed by atoms with E-state index in [1.54, 1.807) is 0 Å². The summed E-state index contributed by atoms with van der Waals surface area (Å²) >= 11 is 0. The lowest BCUT2D eigenvalue weighted by molar-refractivity contribution is 0.198. The molecule has 1 aliphatic carbocycles. The predicted molar refractivity (Wildman–Crippen MR) is 77.7 cm³/mol. The first kappa shape index (κ1) is 13.6. The van der Waals surface area contributed by atoms with Crippen molar-refractivity contribution in [3.05, 3.63) is 34.9 Å². The van der Waals surface area contributed by atoms with Crippen LogP contribution in [-0.4, -0.2) is 25.0 Å². The maximum absolute atomic E-state index is 6.33. The lowest BCUT2D eigenvalue weighted by atomic mass is 9.85. The fourth-order valence-corrected chi connectivity index (χ4v) is 2.86. The number of benzene rings is 1. The summed E-state index contributed by atoms with van der Waals surface area (Å²) in [7, 11) is 2.20. The smallest absolute Gasteiger partial charge is 0.0424 e. The van der Waals surface area contributed by atoms with Gasteiger partial charge in [-0.2, -0.15) is 0 Å². The summed E-state index contributed by atoms with van der Waals surface area (Å²) in [4.78, 5) is 2.40. The molecule has 2 N–H and O–H groups in total. The highest BCUT2D eigenvalue weighted by atomic mass is 15.1. The van der Waals surface area contributed by atoms with Crippen molar-refractivity contribution in [3.63, 3.8) is 0 Å². The van der Waals surface area contributed by atoms with Gasteiger partial charge in [0.15, 0.2) is 0 Å². The second-order valence-corrected chi connectivity index (χ2v) is 6.05. The number of nitrogens with zero attached hydrogens (tertiary/aromatic N) is 1. The van der Waals surface area contributed by atoms with Gasteiger partial charge in [0.25, 0.3) is 0 Å². The van der Waals surface area contributed by atoms with Gasteiger partial charge in [-0.15, -0.1) is 0 Å². The molecule has 2 heteroatoms. The second kappa shape index (κ2) is 5.85. The molecule has 1 aromatic carbocycles. The number of hydrogen-bond donors (Lipinski definition) is 1. The predicted octanol–water partition coefficient (Wildman–Crippen LogP) is 3.04. The minimum Gasteiger partial charge on any atom is -0.323 e. The maximum atomic E-state index is 6.33. The van der Waals surface area contributed by atoms with Crippen molar-refractivity contribution >= 4 is 0 Å². The van der Waals surface area contributed by atoms with Crippen molar-refractivity contribution in [3.8, 4) is 0 Å². The van der Waals surface area contributed by atoms with Crippen LogP contribution in [0.15, 0.2) is 18.2 Å². The van der Waals surface area contributed by atoms with E-state index in [1.807, 2.05) is 0 Å². The first-order valence-corrected chi connectivity index (χ1v) is 7.07. The van der Waals surface area contributed by atoms with Gasteiger partial charge in [-0.3, -0.25) is 0 Å². The molecule has 0 aromatic heterocycles. The Morgan fingerprint density at radius 1 is 1.22 bits per heavy atom. The molecule has 0 radical (unpaired) electrons. The monoisotopic (exact) mass is 246 g/mol. The zero-order valence-electron chi connectivity index (χ0n) is 11.9. The number of aryl methyl sites for hydroxylation is 2. The SMILES string of the molecule is Cc1cc(C)cc(C(N)CN(C)CC2CCC2)c1. The fraction of sp³-hybridized carbons (Fsp3) is 0.625. The quantitative estimate of drug-likeness (QED) is 0.865. The summed E-state index contributed by atoms with van der Waals surface area (Å²) in [6, 6.07) is 6.77. The largest absolute Gasteiger partial charge is 0.323 e. The van der Waals surface area contributed by atoms with Crippen LogP contribution in [0.1, 0.15) is 42.0 Å². The van der Waals surface area contributed by atoms with E-state index < -0.39 is 0 Å². The van der Waals surface area contributed by atoms with Gasteiger partial charge >= 0.3 is 0 Å². The molecule has 0 aliphatic heterocycles. The van der Waals surface area contributed by atoms with E-state index in [9.17, 15) is 0 Å². The van der Waals surface area contributed by atoms with Crippen LogP contribution in [-0.2, 0) is 0 Å². The molecule has 2 rings (SSSR count). The summed E-state index contributed by atoms with van der Waals surface area (Å²) in [5, 5.41) is 0. The lowest BCUT2D eigenvalue weighted by Gasteiger charge is -2.31. The molecule has 1 fully saturated rings. The molecule has 0 amide bonds. The highest BCUT2D eigenvalue weighted by Gasteiger charge is 2.20. The third kappa shape index (κ3) is 3.56. The zero-order chi connectivity index (χ0) is 13.1. The van der Waals surface area contributed by atoms with Crippen LogP contribution in [0.3, 0.4) is 0 Å². The molecule has 1 aliphatic rings. The Labute approximate surface area is 111 Å². The fourth-order valence-electron chi connectivity index (χ4n) is 2.86. The van der Waals surface area contributed by atoms with E-state index in [0.29, 0.717) is 0 Å². The molecule has 0 spiro atoms. The lowest BCUT2D eigenvalue weighted by Crippen LogP contribution is -2.34. The molecular formula is C16H26N2. The molecule has 18 heavy (non-hydrogen) atoms. The molecule has 1 atom stereocenters. The Kier molecular flexibility index (Phi) is 4.41. The van der Waals surface area contributed by atoms with E-state index in [0.717, 1.165) is 12.5 Å². The number of rotatable bonds is 5. The van der Waals surface area contributed by atoms with Crippen molar-refractivity contribution in [2.45, 2.75) is 39.2 Å². The van der Waals surface area contributed by atoms with Crippen LogP contribution >= 0.6 is 0 Å². The minimum atomic E-state index is 0.133. The van der Waals surface area contributed by atoms with Crippen LogP contribution in [0.5, 0.6) is 0 Å². The molecule has 0 heterocycles. The summed E-state index contributed by atoms with van der Waals surface area (Å²) in [6.07, 6.45) is 4.23. The van der Waals surface area contributed by atoms with Crippen LogP contribution in [0.25, 0.3) is 0 Å². The average molecular weight is 246 g/mol. The van der Waals surface area contributed by atoms with Gasteiger partial charge in [-0.25, -0.2) is 0 Å². The summed E-state index contributed by atoms with van der Waals surface area (Å²) in [5.41, 5.74) is 10.2. The number of likely N-dealkylation sites (N-methyl/N-ethyl adjacent to an activating group) is 1. The molecule has 1 aromatic rings. The van der Waals surface area contributed by atoms with E-state index in [-0.39, 0.29) is 6.04 Å². The van der Waals surface area contributed by atoms with Gasteiger partial charge in [0.1, 0.15) is 0 Å². The van der Waals surface area contributed by atoms with E-state index >= 15 is 0 Å². The Morgan fingerprint density at radius 2 is 1.83 bits per heavy atom. The topological polar surface area (TPSA) is 29.3 Å². The van der Waals surface area contributed by atoms with Crippen LogP contribution in [0.2, 0.25) is 0 Å². The van der Waals surface area contributed by atoms with Crippen molar-refractivity contribution < 1.29 is 0 Å². The van der Waals surface area contributed by atoms with Crippen LogP contribution < -0.4 is 5.73 Å². The van der Waals surface area contributed by atoms with Crippen molar-refractivity contribution in [2.75, 3.05) is 20.1 Å². The average Bonchev–Trinajstić information content (AvgIpc) is 2.22. The Morgan fingerprint density at radius 3 is 2.33 bits per heavy atom. The Balaban J connectivity index is 1.91. The van der Waals surface area contributed by atoms with Gasteiger partial charge in [0.2, 0.25) is 0 Å². The van der Waals surface area contributed by atoms with Gasteiger partial charge in [-0.1, -0.05) is 35.7 Å². The van der Waals surface area contributed by atoms with Gasteiger partial charge < -0.3 is 10.6 Å². The first-order chi connectivity index (χ1) is 8.54. The maximum Gasteiger partial charge on any atom is 0.0424 e. The molecule has 0 bridgehead atoms. The first-order valence-electron chi connectivity index (χ1n) is 7.07. The van der Waals surface area contributed by atoms with Gasteiger partial charge in [0.05, 0.1) is 0 Å². The van der Waals surface area contributed by atoms with Crippen molar-refractivity contribution in [2.24, 2.45) is 11.7 Å². The molecule has 0 saturated heterocycles. The molecule has 1 unspecified atom stereocenters. The Hall–Kier alpha value is -0.860. The summed E-state index contributed by atoms with van der Waals surface area (Å²) in [6.45, 7) is 6.44. The van der Waals surface area contributed by atoms with Crippen molar-refractivity contribution in [1.29, 1.82) is 0 Å². The van der Waals surface area contributed by atoms with Crippen molar-refractivity contribution in [1.82, 2.24) is 4.90 Å². The number of nitrogens with two attached hydrogens (primary N) is 1. The highest BCUT2D eigenvalue weighted by molar-refractivity contribution is 5.30. The molecule has 1 saturated carbocycles. The summed E-state index contributed by atoms with van der Waals surface area (Å²) < 4.78 is 0. The summed E-state index contributed by atoms with van der Waals surface area (Å²) in [5.74, 6) is 0.918. The van der Waals surface area contributed by atoms with Crippen LogP contribution in [0, 0.1) is 19.8 Å². The van der Waals surface area contributed by atoms with E-state index in [1.165, 1.54) is 42.5 Å². The Bertz CT molecular complexity index is 376. The standard InChI is InChI=1S/C16H26N2/c1-12-7-13(2)9-15(8-12)16(17)11-18(3)10-14-5-4-6-14/h7-9,14,16H,4-6,10-11,17H2,1-3H3. The van der Waals surface area contributed by atoms with Gasteiger partial charge in [0, 0.05) is 19.1 Å². The molecule has 2 nitrogen and oxygen atoms in total. The van der Waals surface area contributed by atoms with Gasteiger partial charge in [-0.05, 0) is 45.2 Å². The highest BCUT2D eigenvalue weighted by Crippen LogP contribution is 2.27. The zero-order valence-corrected chi connectivity index (χ0v) is 11.9. The van der Waals surface area contributed by atoms with E-state index in [2.05, 4.69) is 44.0 Å².